The summed E-state index contributed by atoms with van der Waals surface area (Å²) in [6.07, 6.45) is 5.91. The topological polar surface area (TPSA) is 84.5 Å². The highest BCUT2D eigenvalue weighted by atomic mass is 32.2. The Morgan fingerprint density at radius 2 is 1.73 bits per heavy atom. The molecule has 1 saturated carbocycles. The lowest BCUT2D eigenvalue weighted by Crippen LogP contribution is -2.32. The van der Waals surface area contributed by atoms with E-state index in [1.807, 2.05) is 37.4 Å². The van der Waals surface area contributed by atoms with Crippen LogP contribution in [0.5, 0.6) is 5.75 Å². The number of thioether (sulfide) groups is 1. The van der Waals surface area contributed by atoms with Gasteiger partial charge in [0.25, 0.3) is 5.91 Å². The maximum absolute atomic E-state index is 12.4. The quantitative estimate of drug-likeness (QED) is 0.569. The van der Waals surface area contributed by atoms with Crippen molar-refractivity contribution in [1.29, 1.82) is 0 Å². The lowest BCUT2D eigenvalue weighted by molar-refractivity contribution is -0.123. The van der Waals surface area contributed by atoms with Gasteiger partial charge >= 0.3 is 0 Å². The zero-order valence-corrected chi connectivity index (χ0v) is 18.9. The first-order valence-corrected chi connectivity index (χ1v) is 12.8. The van der Waals surface area contributed by atoms with Crippen LogP contribution in [0.4, 0.5) is 0 Å². The van der Waals surface area contributed by atoms with Crippen LogP contribution >= 0.6 is 11.8 Å². The largest absolute Gasteiger partial charge is 0.484 e. The molecule has 2 aromatic carbocycles. The molecule has 2 aromatic rings. The van der Waals surface area contributed by atoms with E-state index in [9.17, 15) is 13.2 Å². The fourth-order valence-corrected chi connectivity index (χ4v) is 5.17. The summed E-state index contributed by atoms with van der Waals surface area (Å²) in [5.74, 6) is 0.206. The van der Waals surface area contributed by atoms with Crippen LogP contribution in [0.3, 0.4) is 0 Å². The Morgan fingerprint density at radius 3 is 2.33 bits per heavy atom. The molecule has 0 radical (unpaired) electrons. The van der Waals surface area contributed by atoms with Crippen molar-refractivity contribution in [3.63, 3.8) is 0 Å². The molecule has 1 aliphatic carbocycles. The van der Waals surface area contributed by atoms with Crippen molar-refractivity contribution >= 4 is 27.7 Å². The van der Waals surface area contributed by atoms with Crippen LogP contribution in [0.2, 0.25) is 0 Å². The second-order valence-corrected chi connectivity index (χ2v) is 10.0. The molecule has 2 N–H and O–H groups in total. The summed E-state index contributed by atoms with van der Waals surface area (Å²) in [4.78, 5) is 13.6. The maximum Gasteiger partial charge on any atom is 0.258 e. The summed E-state index contributed by atoms with van der Waals surface area (Å²) >= 11 is 1.67. The first kappa shape index (κ1) is 22.7. The second-order valence-electron chi connectivity index (χ2n) is 7.43. The summed E-state index contributed by atoms with van der Waals surface area (Å²) in [5, 5.41) is 2.90. The number of ether oxygens (including phenoxy) is 1. The highest BCUT2D eigenvalue weighted by Crippen LogP contribution is 2.22. The highest BCUT2D eigenvalue weighted by molar-refractivity contribution is 7.98. The van der Waals surface area contributed by atoms with E-state index < -0.39 is 10.0 Å². The molecule has 0 spiro atoms. The van der Waals surface area contributed by atoms with Crippen LogP contribution in [0, 0.1) is 0 Å². The highest BCUT2D eigenvalue weighted by Gasteiger charge is 2.22. The van der Waals surface area contributed by atoms with Crippen LogP contribution in [0.15, 0.2) is 58.3 Å². The second kappa shape index (κ2) is 10.3. The number of rotatable bonds is 9. The lowest BCUT2D eigenvalue weighted by Gasteiger charge is -2.15. The van der Waals surface area contributed by atoms with Crippen molar-refractivity contribution in [3.05, 3.63) is 54.1 Å². The van der Waals surface area contributed by atoms with Crippen molar-refractivity contribution in [2.24, 2.45) is 0 Å². The maximum atomic E-state index is 12.4. The molecule has 1 fully saturated rings. The third-order valence-electron chi connectivity index (χ3n) is 5.17. The van der Waals surface area contributed by atoms with Gasteiger partial charge in [-0.2, -0.15) is 0 Å². The van der Waals surface area contributed by atoms with Crippen molar-refractivity contribution in [2.45, 2.75) is 54.5 Å². The minimum absolute atomic E-state index is 0.0218. The molecule has 0 saturated heterocycles. The smallest absolute Gasteiger partial charge is 0.258 e. The zero-order chi connectivity index (χ0) is 21.6. The summed E-state index contributed by atoms with van der Waals surface area (Å²) < 4.78 is 33.2. The van der Waals surface area contributed by atoms with Crippen LogP contribution in [0.25, 0.3) is 0 Å². The van der Waals surface area contributed by atoms with Gasteiger partial charge in [0.05, 0.1) is 10.9 Å². The standard InChI is InChI=1S/C22H28N2O4S2/c1-16(17-7-11-20(29-2)12-8-17)23-22(25)15-28-19-9-13-21(14-10-19)30(26,27)24-18-5-3-4-6-18/h7-14,16,18,24H,3-6,15H2,1-2H3,(H,23,25). The van der Waals surface area contributed by atoms with Crippen LogP contribution in [0.1, 0.15) is 44.2 Å². The molecule has 0 aromatic heterocycles. The van der Waals surface area contributed by atoms with Crippen molar-refractivity contribution in [3.8, 4) is 5.75 Å². The summed E-state index contributed by atoms with van der Waals surface area (Å²) in [5.41, 5.74) is 1.02. The van der Waals surface area contributed by atoms with E-state index in [1.165, 1.54) is 17.0 Å². The van der Waals surface area contributed by atoms with E-state index in [0.29, 0.717) is 5.75 Å². The Morgan fingerprint density at radius 1 is 1.10 bits per heavy atom. The van der Waals surface area contributed by atoms with E-state index in [-0.39, 0.29) is 29.5 Å². The first-order chi connectivity index (χ1) is 14.4. The number of benzene rings is 2. The minimum Gasteiger partial charge on any atom is -0.484 e. The molecule has 30 heavy (non-hydrogen) atoms. The zero-order valence-electron chi connectivity index (χ0n) is 17.3. The summed E-state index contributed by atoms with van der Waals surface area (Å²) in [6.45, 7) is 1.78. The Bertz CT molecular complexity index is 938. The number of amides is 1. The molecule has 1 unspecified atom stereocenters. The number of nitrogens with one attached hydrogen (secondary N) is 2. The van der Waals surface area contributed by atoms with Crippen LogP contribution in [-0.2, 0) is 14.8 Å². The van der Waals surface area contributed by atoms with Gasteiger partial charge in [0.2, 0.25) is 10.0 Å². The predicted molar refractivity (Wildman–Crippen MR) is 119 cm³/mol. The van der Waals surface area contributed by atoms with Gasteiger partial charge in [-0.05, 0) is 68.0 Å². The molecule has 6 nitrogen and oxygen atoms in total. The molecular formula is C22H28N2O4S2. The molecule has 162 valence electrons. The van der Waals surface area contributed by atoms with Crippen molar-refractivity contribution in [1.82, 2.24) is 10.0 Å². The number of sulfonamides is 1. The molecule has 1 atom stereocenters. The minimum atomic E-state index is -3.53. The van der Waals surface area contributed by atoms with Gasteiger partial charge in [0.1, 0.15) is 5.75 Å². The van der Waals surface area contributed by atoms with Gasteiger partial charge in [0.15, 0.2) is 6.61 Å². The van der Waals surface area contributed by atoms with E-state index >= 15 is 0 Å². The SMILES string of the molecule is CSc1ccc(C(C)NC(=O)COc2ccc(S(=O)(=O)NC3CCCC3)cc2)cc1. The molecule has 1 amide bonds. The van der Waals surface area contributed by atoms with Gasteiger partial charge in [-0.15, -0.1) is 11.8 Å². The fourth-order valence-electron chi connectivity index (χ4n) is 3.45. The van der Waals surface area contributed by atoms with E-state index in [0.717, 1.165) is 31.2 Å². The van der Waals surface area contributed by atoms with E-state index in [1.54, 1.807) is 23.9 Å². The molecule has 0 bridgehead atoms. The monoisotopic (exact) mass is 448 g/mol. The number of hydrogen-bond donors (Lipinski definition) is 2. The van der Waals surface area contributed by atoms with Crippen molar-refractivity contribution in [2.75, 3.05) is 12.9 Å². The van der Waals surface area contributed by atoms with Crippen LogP contribution in [-0.4, -0.2) is 33.2 Å². The average molecular weight is 449 g/mol. The average Bonchev–Trinajstić information content (AvgIpc) is 3.25. The Balaban J connectivity index is 1.49. The third-order valence-corrected chi connectivity index (χ3v) is 7.45. The van der Waals surface area contributed by atoms with Gasteiger partial charge in [-0.1, -0.05) is 25.0 Å². The van der Waals surface area contributed by atoms with Gasteiger partial charge in [0, 0.05) is 10.9 Å². The summed E-state index contributed by atoms with van der Waals surface area (Å²) in [6, 6.07) is 14.1. The number of carbonyl (C=O) groups is 1. The van der Waals surface area contributed by atoms with E-state index in [2.05, 4.69) is 10.0 Å². The lowest BCUT2D eigenvalue weighted by atomic mass is 10.1. The molecule has 3 rings (SSSR count). The van der Waals surface area contributed by atoms with Gasteiger partial charge in [-0.25, -0.2) is 13.1 Å². The molecule has 1 aliphatic rings. The van der Waals surface area contributed by atoms with Crippen molar-refractivity contribution < 1.29 is 17.9 Å². The number of hydrogen-bond acceptors (Lipinski definition) is 5. The Hall–Kier alpha value is -2.03. The third kappa shape index (κ3) is 6.23. The first-order valence-electron chi connectivity index (χ1n) is 10.1. The molecular weight excluding hydrogens is 420 g/mol. The predicted octanol–water partition coefficient (Wildman–Crippen LogP) is 3.89. The Kier molecular flexibility index (Phi) is 7.80. The van der Waals surface area contributed by atoms with Gasteiger partial charge in [-0.3, -0.25) is 4.79 Å². The Labute approximate surface area is 182 Å². The summed E-state index contributed by atoms with van der Waals surface area (Å²) in [7, 11) is -3.53. The molecule has 0 heterocycles. The van der Waals surface area contributed by atoms with Gasteiger partial charge < -0.3 is 10.1 Å². The normalized spacial score (nSPS) is 15.7. The van der Waals surface area contributed by atoms with E-state index in [4.69, 9.17) is 4.74 Å². The molecule has 0 aliphatic heterocycles. The fraction of sp³-hybridized carbons (Fsp3) is 0.409. The number of carbonyl (C=O) groups excluding carboxylic acids is 1. The van der Waals surface area contributed by atoms with Crippen LogP contribution < -0.4 is 14.8 Å². The molecule has 8 heteroatoms.